The Morgan fingerprint density at radius 2 is 1.29 bits per heavy atom. The van der Waals surface area contributed by atoms with Crippen LogP contribution in [0.15, 0.2) is 0 Å². The molecule has 0 unspecified atom stereocenters. The van der Waals surface area contributed by atoms with E-state index in [0.29, 0.717) is 6.42 Å². The first-order chi connectivity index (χ1) is 9.93. The quantitative estimate of drug-likeness (QED) is 0.374. The zero-order valence-electron chi connectivity index (χ0n) is 14.7. The van der Waals surface area contributed by atoms with Crippen molar-refractivity contribution < 1.29 is 5.11 Å². The largest absolute Gasteiger partial charge is 0.393 e. The number of nitrogens with zero attached hydrogens (tertiary/aromatic N) is 1. The van der Waals surface area contributed by atoms with Gasteiger partial charge in [0.05, 0.1) is 11.1 Å². The molecule has 0 aliphatic heterocycles. The summed E-state index contributed by atoms with van der Waals surface area (Å²) < 4.78 is 0. The lowest BCUT2D eigenvalue weighted by Gasteiger charge is -2.17. The Morgan fingerprint density at radius 3 is 1.71 bits per heavy atom. The molecule has 126 valence electrons. The molecule has 3 heteroatoms. The highest BCUT2D eigenvalue weighted by Crippen LogP contribution is 2.14. The number of aliphatic hydroxyl groups excluding tert-OH is 1. The van der Waals surface area contributed by atoms with Gasteiger partial charge >= 0.3 is 0 Å². The number of hydrogen-bond acceptors (Lipinski definition) is 2. The van der Waals surface area contributed by atoms with E-state index in [1.807, 2.05) is 19.0 Å². The van der Waals surface area contributed by atoms with E-state index < -0.39 is 0 Å². The Labute approximate surface area is 138 Å². The van der Waals surface area contributed by atoms with Gasteiger partial charge in [-0.05, 0) is 12.3 Å². The number of unbranched alkanes of at least 4 members (excludes halogenated alkanes) is 7. The van der Waals surface area contributed by atoms with Crippen LogP contribution in [0.25, 0.3) is 0 Å². The molecule has 0 radical (unpaired) electrons. The second-order valence-corrected chi connectivity index (χ2v) is 7.42. The average Bonchev–Trinajstić information content (AvgIpc) is 2.40. The SMILES string of the molecule is CC(C)CCCCCCCCCC[C@H](O)CC(=S)N(C)C. The van der Waals surface area contributed by atoms with Gasteiger partial charge in [0, 0.05) is 20.5 Å². The molecule has 0 aromatic heterocycles. The third-order valence-electron chi connectivity index (χ3n) is 3.98. The molecular formula is C18H37NOS. The zero-order chi connectivity index (χ0) is 16.1. The van der Waals surface area contributed by atoms with Crippen molar-refractivity contribution in [3.63, 3.8) is 0 Å². The summed E-state index contributed by atoms with van der Waals surface area (Å²) in [7, 11) is 3.88. The summed E-state index contributed by atoms with van der Waals surface area (Å²) in [6.07, 6.45) is 13.3. The van der Waals surface area contributed by atoms with Gasteiger partial charge in [-0.2, -0.15) is 0 Å². The first kappa shape index (κ1) is 20.9. The van der Waals surface area contributed by atoms with E-state index in [1.54, 1.807) is 0 Å². The summed E-state index contributed by atoms with van der Waals surface area (Å²) in [5.74, 6) is 0.858. The number of rotatable bonds is 13. The fourth-order valence-electron chi connectivity index (χ4n) is 2.48. The minimum absolute atomic E-state index is 0.254. The molecule has 0 saturated carbocycles. The Bertz CT molecular complexity index is 254. The van der Waals surface area contributed by atoms with E-state index in [0.717, 1.165) is 23.7 Å². The molecule has 1 N–H and O–H groups in total. The summed E-state index contributed by atoms with van der Waals surface area (Å²) in [5, 5.41) is 9.90. The molecule has 0 bridgehead atoms. The van der Waals surface area contributed by atoms with Crippen LogP contribution in [0.3, 0.4) is 0 Å². The summed E-state index contributed by atoms with van der Waals surface area (Å²) in [6.45, 7) is 4.61. The minimum atomic E-state index is -0.254. The van der Waals surface area contributed by atoms with E-state index >= 15 is 0 Å². The van der Waals surface area contributed by atoms with Gasteiger partial charge in [-0.1, -0.05) is 83.9 Å². The van der Waals surface area contributed by atoms with Crippen LogP contribution in [0, 0.1) is 5.92 Å². The van der Waals surface area contributed by atoms with E-state index in [4.69, 9.17) is 12.2 Å². The molecule has 0 aromatic rings. The fourth-order valence-corrected chi connectivity index (χ4v) is 2.67. The lowest BCUT2D eigenvalue weighted by atomic mass is 10.0. The lowest BCUT2D eigenvalue weighted by Crippen LogP contribution is -2.24. The van der Waals surface area contributed by atoms with Gasteiger partial charge in [-0.15, -0.1) is 0 Å². The zero-order valence-corrected chi connectivity index (χ0v) is 15.6. The Hall–Kier alpha value is -0.150. The summed E-state index contributed by atoms with van der Waals surface area (Å²) in [4.78, 5) is 2.77. The normalized spacial score (nSPS) is 12.7. The van der Waals surface area contributed by atoms with Gasteiger partial charge in [0.25, 0.3) is 0 Å². The monoisotopic (exact) mass is 315 g/mol. The van der Waals surface area contributed by atoms with Crippen LogP contribution in [0.4, 0.5) is 0 Å². The topological polar surface area (TPSA) is 23.5 Å². The molecule has 0 rings (SSSR count). The molecule has 0 aliphatic carbocycles. The van der Waals surface area contributed by atoms with Crippen molar-refractivity contribution in [2.75, 3.05) is 14.1 Å². The fraction of sp³-hybridized carbons (Fsp3) is 0.944. The lowest BCUT2D eigenvalue weighted by molar-refractivity contribution is 0.166. The van der Waals surface area contributed by atoms with E-state index in [-0.39, 0.29) is 6.10 Å². The maximum absolute atomic E-state index is 9.90. The van der Waals surface area contributed by atoms with Gasteiger partial charge in [-0.3, -0.25) is 0 Å². The van der Waals surface area contributed by atoms with Crippen molar-refractivity contribution in [2.24, 2.45) is 5.92 Å². The molecular weight excluding hydrogens is 278 g/mol. The third-order valence-corrected chi connectivity index (χ3v) is 4.51. The van der Waals surface area contributed by atoms with Crippen LogP contribution in [0.2, 0.25) is 0 Å². The van der Waals surface area contributed by atoms with Crippen molar-refractivity contribution in [3.05, 3.63) is 0 Å². The third kappa shape index (κ3) is 14.5. The van der Waals surface area contributed by atoms with Crippen molar-refractivity contribution in [1.29, 1.82) is 0 Å². The highest BCUT2D eigenvalue weighted by atomic mass is 32.1. The van der Waals surface area contributed by atoms with Crippen molar-refractivity contribution >= 4 is 17.2 Å². The molecule has 0 aromatic carbocycles. The van der Waals surface area contributed by atoms with E-state index in [9.17, 15) is 5.11 Å². The van der Waals surface area contributed by atoms with Crippen LogP contribution in [-0.4, -0.2) is 35.2 Å². The number of thiocarbonyl (C=S) groups is 1. The molecule has 0 aliphatic rings. The van der Waals surface area contributed by atoms with Crippen molar-refractivity contribution in [1.82, 2.24) is 4.90 Å². The highest BCUT2D eigenvalue weighted by molar-refractivity contribution is 7.80. The predicted octanol–water partition coefficient (Wildman–Crippen LogP) is 5.18. The van der Waals surface area contributed by atoms with Crippen LogP contribution >= 0.6 is 12.2 Å². The Kier molecular flexibility index (Phi) is 13.4. The minimum Gasteiger partial charge on any atom is -0.393 e. The maximum Gasteiger partial charge on any atom is 0.0800 e. The summed E-state index contributed by atoms with van der Waals surface area (Å²) >= 11 is 5.21. The van der Waals surface area contributed by atoms with Gasteiger partial charge in [0.1, 0.15) is 0 Å². The van der Waals surface area contributed by atoms with Crippen molar-refractivity contribution in [2.45, 2.75) is 90.6 Å². The van der Waals surface area contributed by atoms with Crippen molar-refractivity contribution in [3.8, 4) is 0 Å². The molecule has 0 heterocycles. The van der Waals surface area contributed by atoms with E-state index in [1.165, 1.54) is 51.4 Å². The second kappa shape index (κ2) is 13.5. The standard InChI is InChI=1S/C18H37NOS/c1-16(2)13-11-9-7-5-6-8-10-12-14-17(20)15-18(21)19(3)4/h16-17,20H,5-15H2,1-4H3/t17-/m0/s1. The van der Waals surface area contributed by atoms with Crippen LogP contribution < -0.4 is 0 Å². The van der Waals surface area contributed by atoms with Gasteiger partial charge in [0.15, 0.2) is 0 Å². The summed E-state index contributed by atoms with van der Waals surface area (Å²) in [5.41, 5.74) is 0. The first-order valence-corrected chi connectivity index (χ1v) is 9.22. The number of aliphatic hydroxyl groups is 1. The van der Waals surface area contributed by atoms with Crippen LogP contribution in [0.1, 0.15) is 84.5 Å². The smallest absolute Gasteiger partial charge is 0.0800 e. The van der Waals surface area contributed by atoms with Crippen LogP contribution in [0.5, 0.6) is 0 Å². The maximum atomic E-state index is 9.90. The predicted molar refractivity (Wildman–Crippen MR) is 97.9 cm³/mol. The van der Waals surface area contributed by atoms with Crippen LogP contribution in [-0.2, 0) is 0 Å². The highest BCUT2D eigenvalue weighted by Gasteiger charge is 2.08. The molecule has 0 spiro atoms. The first-order valence-electron chi connectivity index (χ1n) is 8.81. The summed E-state index contributed by atoms with van der Waals surface area (Å²) in [6, 6.07) is 0. The second-order valence-electron chi connectivity index (χ2n) is 6.95. The number of hydrogen-bond donors (Lipinski definition) is 1. The Morgan fingerprint density at radius 1 is 0.857 bits per heavy atom. The molecule has 0 fully saturated rings. The van der Waals surface area contributed by atoms with E-state index in [2.05, 4.69) is 13.8 Å². The molecule has 21 heavy (non-hydrogen) atoms. The molecule has 2 nitrogen and oxygen atoms in total. The van der Waals surface area contributed by atoms with Gasteiger partial charge in [0.2, 0.25) is 0 Å². The molecule has 1 atom stereocenters. The molecule has 0 saturated heterocycles. The molecule has 0 amide bonds. The van der Waals surface area contributed by atoms with Gasteiger partial charge in [-0.25, -0.2) is 0 Å². The van der Waals surface area contributed by atoms with Gasteiger partial charge < -0.3 is 10.0 Å². The Balaban J connectivity index is 3.27. The average molecular weight is 316 g/mol.